The number of rotatable bonds is 9. The maximum absolute atomic E-state index is 11.9. The first-order valence-electron chi connectivity index (χ1n) is 9.59. The summed E-state index contributed by atoms with van der Waals surface area (Å²) in [7, 11) is 0. The van der Waals surface area contributed by atoms with E-state index in [1.807, 2.05) is 60.7 Å². The molecule has 0 unspecified atom stereocenters. The molecule has 162 valence electrons. The monoisotopic (exact) mass is 498 g/mol. The molecular weight excluding hydrogens is 476 g/mol. The fourth-order valence-electron chi connectivity index (χ4n) is 3.24. The summed E-state index contributed by atoms with van der Waals surface area (Å²) in [5.41, 5.74) is 1.94. The molecule has 1 aliphatic rings. The van der Waals surface area contributed by atoms with E-state index in [0.29, 0.717) is 6.61 Å². The topological polar surface area (TPSA) is 74.2 Å². The van der Waals surface area contributed by atoms with Gasteiger partial charge in [-0.25, -0.2) is 0 Å². The summed E-state index contributed by atoms with van der Waals surface area (Å²) in [6.45, 7) is 0.255. The van der Waals surface area contributed by atoms with E-state index in [4.69, 9.17) is 30.5 Å². The Kier molecular flexibility index (Phi) is 9.11. The lowest BCUT2D eigenvalue weighted by atomic mass is 9.99. The Balaban J connectivity index is 1.80. The van der Waals surface area contributed by atoms with Crippen molar-refractivity contribution < 1.29 is 28.8 Å². The number of hydrogen-bond acceptors (Lipinski definition) is 6. The smallest absolute Gasteiger partial charge is 0.321 e. The van der Waals surface area contributed by atoms with Crippen molar-refractivity contribution in [3.63, 3.8) is 0 Å². The van der Waals surface area contributed by atoms with E-state index in [0.717, 1.165) is 11.1 Å². The molecule has 1 aliphatic heterocycles. The molecule has 1 N–H and O–H groups in total. The van der Waals surface area contributed by atoms with Crippen LogP contribution in [0.5, 0.6) is 0 Å². The number of carbonyl (C=O) groups is 1. The first-order chi connectivity index (χ1) is 14.6. The van der Waals surface area contributed by atoms with E-state index < -0.39 is 35.4 Å². The van der Waals surface area contributed by atoms with Gasteiger partial charge in [-0.1, -0.05) is 76.6 Å². The summed E-state index contributed by atoms with van der Waals surface area (Å²) < 4.78 is 23.6. The minimum absolute atomic E-state index is 0.281. The number of aliphatic hydroxyl groups is 1. The zero-order valence-electron chi connectivity index (χ0n) is 16.2. The number of carbonyl (C=O) groups excluding carboxylic acids is 1. The molecule has 1 saturated heterocycles. The number of halogens is 2. The first kappa shape index (κ1) is 23.2. The average molecular weight is 500 g/mol. The summed E-state index contributed by atoms with van der Waals surface area (Å²) in [6.07, 6.45) is -2.93. The Hall–Kier alpha value is -1.48. The average Bonchev–Trinajstić information content (AvgIpc) is 2.79. The second-order valence-electron chi connectivity index (χ2n) is 6.82. The molecule has 1 fully saturated rings. The highest BCUT2D eigenvalue weighted by atomic mass is 79.9. The first-order valence-corrected chi connectivity index (χ1v) is 11.0. The molecule has 0 amide bonds. The molecule has 0 aliphatic carbocycles. The van der Waals surface area contributed by atoms with Gasteiger partial charge in [0.05, 0.1) is 19.8 Å². The Morgan fingerprint density at radius 2 is 1.47 bits per heavy atom. The number of hydrogen-bond donors (Lipinski definition) is 1. The van der Waals surface area contributed by atoms with Crippen molar-refractivity contribution in [2.24, 2.45) is 0 Å². The van der Waals surface area contributed by atoms with Crippen molar-refractivity contribution in [2.75, 3.05) is 12.5 Å². The lowest BCUT2D eigenvalue weighted by Crippen LogP contribution is -2.60. The van der Waals surface area contributed by atoms with Crippen molar-refractivity contribution in [3.8, 4) is 0 Å². The SMILES string of the molecule is O=C(CCl)O[C@H]1[C@H](OCc2ccccc2)[C@@H](OCc2ccccc2)[C@H](Br)O[C@@H]1CO. The van der Waals surface area contributed by atoms with Crippen LogP contribution in [0, 0.1) is 0 Å². The second-order valence-corrected chi connectivity index (χ2v) is 7.99. The highest BCUT2D eigenvalue weighted by molar-refractivity contribution is 9.09. The van der Waals surface area contributed by atoms with Gasteiger partial charge in [0.1, 0.15) is 29.2 Å². The number of alkyl halides is 2. The molecule has 0 radical (unpaired) electrons. The van der Waals surface area contributed by atoms with Crippen LogP contribution in [0.25, 0.3) is 0 Å². The van der Waals surface area contributed by atoms with Crippen LogP contribution < -0.4 is 0 Å². The summed E-state index contributed by atoms with van der Waals surface area (Å²) >= 11 is 9.11. The van der Waals surface area contributed by atoms with Gasteiger partial charge in [-0.2, -0.15) is 0 Å². The molecule has 3 rings (SSSR count). The van der Waals surface area contributed by atoms with Crippen LogP contribution in [0.1, 0.15) is 11.1 Å². The Morgan fingerprint density at radius 1 is 0.933 bits per heavy atom. The van der Waals surface area contributed by atoms with Gasteiger partial charge >= 0.3 is 5.97 Å². The van der Waals surface area contributed by atoms with Gasteiger partial charge in [0, 0.05) is 0 Å². The molecular formula is C22H24BrClO6. The van der Waals surface area contributed by atoms with E-state index in [1.165, 1.54) is 0 Å². The molecule has 2 aromatic rings. The number of ether oxygens (including phenoxy) is 4. The van der Waals surface area contributed by atoms with Crippen molar-refractivity contribution in [2.45, 2.75) is 42.6 Å². The van der Waals surface area contributed by atoms with Gasteiger partial charge in [0.2, 0.25) is 0 Å². The fraction of sp³-hybridized carbons (Fsp3) is 0.409. The van der Waals surface area contributed by atoms with E-state index in [1.54, 1.807) is 0 Å². The molecule has 6 nitrogen and oxygen atoms in total. The minimum Gasteiger partial charge on any atom is -0.456 e. The van der Waals surface area contributed by atoms with E-state index in [2.05, 4.69) is 15.9 Å². The van der Waals surface area contributed by atoms with Gasteiger partial charge < -0.3 is 24.1 Å². The van der Waals surface area contributed by atoms with Crippen LogP contribution in [0.3, 0.4) is 0 Å². The molecule has 0 aromatic heterocycles. The minimum atomic E-state index is -0.875. The van der Waals surface area contributed by atoms with Crippen LogP contribution in [-0.2, 0) is 37.0 Å². The van der Waals surface area contributed by atoms with Crippen molar-refractivity contribution in [1.29, 1.82) is 0 Å². The Morgan fingerprint density at radius 3 is 1.97 bits per heavy atom. The van der Waals surface area contributed by atoms with E-state index in [9.17, 15) is 9.90 Å². The summed E-state index contributed by atoms with van der Waals surface area (Å²) in [5, 5.41) is 9.23. The predicted molar refractivity (Wildman–Crippen MR) is 115 cm³/mol. The molecule has 8 heteroatoms. The van der Waals surface area contributed by atoms with Crippen LogP contribution in [0.2, 0.25) is 0 Å². The zero-order valence-corrected chi connectivity index (χ0v) is 18.6. The van der Waals surface area contributed by atoms with Crippen LogP contribution in [-0.4, -0.2) is 53.0 Å². The third-order valence-electron chi connectivity index (χ3n) is 4.70. The van der Waals surface area contributed by atoms with Crippen LogP contribution in [0.4, 0.5) is 0 Å². The molecule has 2 aromatic carbocycles. The normalized spacial score (nSPS) is 26.3. The maximum Gasteiger partial charge on any atom is 0.321 e. The van der Waals surface area contributed by atoms with Crippen LogP contribution >= 0.6 is 27.5 Å². The number of esters is 1. The third kappa shape index (κ3) is 6.26. The number of benzene rings is 2. The van der Waals surface area contributed by atoms with Crippen LogP contribution in [0.15, 0.2) is 60.7 Å². The lowest BCUT2D eigenvalue weighted by molar-refractivity contribution is -0.244. The van der Waals surface area contributed by atoms with E-state index in [-0.39, 0.29) is 19.1 Å². The van der Waals surface area contributed by atoms with Gasteiger partial charge in [0.25, 0.3) is 0 Å². The fourth-order valence-corrected chi connectivity index (χ4v) is 4.03. The van der Waals surface area contributed by atoms with Crippen molar-refractivity contribution >= 4 is 33.5 Å². The standard InChI is InChI=1S/C22H24BrClO6/c23-22-21(28-14-16-9-5-2-6-10-16)20(27-13-15-7-3-1-4-8-15)19(17(12-25)29-22)30-18(26)11-24/h1-10,17,19-22,25H,11-14H2/t17-,19-,20+,21-,22-/m1/s1. The highest BCUT2D eigenvalue weighted by Crippen LogP contribution is 2.32. The van der Waals surface area contributed by atoms with Gasteiger partial charge in [-0.3, -0.25) is 4.79 Å². The summed E-state index contributed by atoms with van der Waals surface area (Å²) in [4.78, 5) is 11.9. The molecule has 0 spiro atoms. The van der Waals surface area contributed by atoms with Crippen molar-refractivity contribution in [3.05, 3.63) is 71.8 Å². The quantitative estimate of drug-likeness (QED) is 0.421. The molecule has 0 bridgehead atoms. The third-order valence-corrected chi connectivity index (χ3v) is 5.66. The second kappa shape index (κ2) is 11.8. The van der Waals surface area contributed by atoms with Gasteiger partial charge in [-0.05, 0) is 11.1 Å². The lowest BCUT2D eigenvalue weighted by Gasteiger charge is -2.43. The molecule has 5 atom stereocenters. The van der Waals surface area contributed by atoms with Gasteiger partial charge in [-0.15, -0.1) is 11.6 Å². The largest absolute Gasteiger partial charge is 0.456 e. The summed E-state index contributed by atoms with van der Waals surface area (Å²) in [5.74, 6) is -0.931. The predicted octanol–water partition coefficient (Wildman–Crippen LogP) is 3.42. The Labute approximate surface area is 189 Å². The van der Waals surface area contributed by atoms with E-state index >= 15 is 0 Å². The highest BCUT2D eigenvalue weighted by Gasteiger charge is 2.48. The van der Waals surface area contributed by atoms with Gasteiger partial charge in [0.15, 0.2) is 6.10 Å². The zero-order chi connectivity index (χ0) is 21.3. The maximum atomic E-state index is 11.9. The summed E-state index contributed by atoms with van der Waals surface area (Å²) in [6, 6.07) is 19.3. The van der Waals surface area contributed by atoms with Crippen molar-refractivity contribution in [1.82, 2.24) is 0 Å². The molecule has 1 heterocycles. The Bertz CT molecular complexity index is 778. The molecule has 0 saturated carbocycles. The number of aliphatic hydroxyl groups excluding tert-OH is 1. The molecule has 30 heavy (non-hydrogen) atoms.